The number of rotatable bonds is 2. The van der Waals surface area contributed by atoms with Gasteiger partial charge in [-0.2, -0.15) is 0 Å². The summed E-state index contributed by atoms with van der Waals surface area (Å²) in [5.74, 6) is -0.632. The average molecular weight is 349 g/mol. The van der Waals surface area contributed by atoms with Crippen molar-refractivity contribution in [3.8, 4) is 5.75 Å². The van der Waals surface area contributed by atoms with Crippen LogP contribution >= 0.6 is 23.2 Å². The Morgan fingerprint density at radius 1 is 1.13 bits per heavy atom. The smallest absolute Gasteiger partial charge is 0.261 e. The van der Waals surface area contributed by atoms with Gasteiger partial charge in [-0.3, -0.25) is 10.2 Å². The number of hydrogen-bond acceptors (Lipinski definition) is 4. The first-order valence-corrected chi connectivity index (χ1v) is 7.27. The summed E-state index contributed by atoms with van der Waals surface area (Å²) < 4.78 is 5.23. The summed E-state index contributed by atoms with van der Waals surface area (Å²) in [6.07, 6.45) is 0. The van der Waals surface area contributed by atoms with Gasteiger partial charge in [-0.25, -0.2) is 0 Å². The van der Waals surface area contributed by atoms with Crippen molar-refractivity contribution in [1.29, 1.82) is 5.41 Å². The van der Waals surface area contributed by atoms with E-state index < -0.39 is 5.91 Å². The Bertz CT molecular complexity index is 962. The average Bonchev–Trinajstić information content (AvgIpc) is 2.46. The molecule has 0 unspecified atom stereocenters. The molecule has 0 saturated heterocycles. The van der Waals surface area contributed by atoms with Crippen LogP contribution in [0.15, 0.2) is 46.9 Å². The number of nitrogens with one attached hydrogen (secondary N) is 2. The summed E-state index contributed by atoms with van der Waals surface area (Å²) in [6, 6.07) is 10.8. The SMILES string of the molecule is N=c1oc2c(O)cccc2cc1C(=O)Nc1cc(Cl)cc(Cl)c1. The maximum absolute atomic E-state index is 12.3. The van der Waals surface area contributed by atoms with Crippen LogP contribution in [-0.4, -0.2) is 11.0 Å². The van der Waals surface area contributed by atoms with Crippen molar-refractivity contribution in [2.75, 3.05) is 5.32 Å². The van der Waals surface area contributed by atoms with Crippen LogP contribution < -0.4 is 10.9 Å². The number of hydrogen-bond donors (Lipinski definition) is 3. The number of carbonyl (C=O) groups is 1. The van der Waals surface area contributed by atoms with Gasteiger partial charge in [0.1, 0.15) is 5.56 Å². The molecule has 0 saturated carbocycles. The Balaban J connectivity index is 2.01. The van der Waals surface area contributed by atoms with Crippen LogP contribution in [0.5, 0.6) is 5.75 Å². The third-order valence-corrected chi connectivity index (χ3v) is 3.57. The molecular weight excluding hydrogens is 339 g/mol. The van der Waals surface area contributed by atoms with E-state index in [0.29, 0.717) is 21.1 Å². The molecule has 116 valence electrons. The lowest BCUT2D eigenvalue weighted by Crippen LogP contribution is -2.20. The molecule has 1 heterocycles. The monoisotopic (exact) mass is 348 g/mol. The zero-order valence-electron chi connectivity index (χ0n) is 11.6. The molecule has 0 radical (unpaired) electrons. The number of carbonyl (C=O) groups excluding carboxylic acids is 1. The van der Waals surface area contributed by atoms with Gasteiger partial charge < -0.3 is 14.8 Å². The summed E-state index contributed by atoms with van der Waals surface area (Å²) in [5.41, 5.74) is 0.228. The van der Waals surface area contributed by atoms with Crippen LogP contribution in [0.25, 0.3) is 11.0 Å². The molecule has 0 fully saturated rings. The van der Waals surface area contributed by atoms with Crippen molar-refractivity contribution >= 4 is 45.8 Å². The first kappa shape index (κ1) is 15.4. The van der Waals surface area contributed by atoms with Crippen molar-refractivity contribution in [2.45, 2.75) is 0 Å². The first-order chi connectivity index (χ1) is 10.9. The first-order valence-electron chi connectivity index (χ1n) is 6.52. The predicted molar refractivity (Wildman–Crippen MR) is 88.1 cm³/mol. The molecular formula is C16H10Cl2N2O3. The number of fused-ring (bicyclic) bond motifs is 1. The van der Waals surface area contributed by atoms with Crippen molar-refractivity contribution in [2.24, 2.45) is 0 Å². The number of amides is 1. The minimum atomic E-state index is -0.540. The zero-order chi connectivity index (χ0) is 16.6. The maximum atomic E-state index is 12.3. The number of phenols is 1. The molecule has 3 aromatic rings. The molecule has 0 atom stereocenters. The molecule has 7 heteroatoms. The third kappa shape index (κ3) is 3.16. The van der Waals surface area contributed by atoms with Gasteiger partial charge >= 0.3 is 0 Å². The minimum absolute atomic E-state index is 0.0270. The summed E-state index contributed by atoms with van der Waals surface area (Å²) in [7, 11) is 0. The van der Waals surface area contributed by atoms with Crippen molar-refractivity contribution in [3.05, 3.63) is 63.6 Å². The minimum Gasteiger partial charge on any atom is -0.504 e. The molecule has 3 rings (SSSR count). The van der Waals surface area contributed by atoms with Gasteiger partial charge in [0.05, 0.1) is 0 Å². The molecule has 1 amide bonds. The van der Waals surface area contributed by atoms with Gasteiger partial charge in [-0.15, -0.1) is 0 Å². The second kappa shape index (κ2) is 5.95. The lowest BCUT2D eigenvalue weighted by molar-refractivity contribution is 0.102. The molecule has 0 bridgehead atoms. The van der Waals surface area contributed by atoms with Gasteiger partial charge in [0, 0.05) is 21.1 Å². The molecule has 0 spiro atoms. The van der Waals surface area contributed by atoms with Crippen LogP contribution in [0.1, 0.15) is 10.4 Å². The van der Waals surface area contributed by atoms with Crippen molar-refractivity contribution in [1.82, 2.24) is 0 Å². The fraction of sp³-hybridized carbons (Fsp3) is 0. The Kier molecular flexibility index (Phi) is 3.98. The standard InChI is InChI=1S/C16H10Cl2N2O3/c17-9-5-10(18)7-11(6-9)20-16(22)12-4-8-2-1-3-13(21)14(8)23-15(12)19/h1-7,19,21H,(H,20,22). The van der Waals surface area contributed by atoms with Crippen molar-refractivity contribution in [3.63, 3.8) is 0 Å². The Hall–Kier alpha value is -2.50. The zero-order valence-corrected chi connectivity index (χ0v) is 13.1. The van der Waals surface area contributed by atoms with Crippen LogP contribution in [0.4, 0.5) is 5.69 Å². The van der Waals surface area contributed by atoms with Crippen LogP contribution in [0.2, 0.25) is 10.0 Å². The van der Waals surface area contributed by atoms with E-state index in [1.165, 1.54) is 12.1 Å². The molecule has 0 aliphatic heterocycles. The molecule has 3 N–H and O–H groups in total. The Labute approximate surface area is 140 Å². The normalized spacial score (nSPS) is 10.7. The third-order valence-electron chi connectivity index (χ3n) is 3.14. The fourth-order valence-electron chi connectivity index (χ4n) is 2.14. The highest BCUT2D eigenvalue weighted by atomic mass is 35.5. The van der Waals surface area contributed by atoms with Gasteiger partial charge in [-0.05, 0) is 30.3 Å². The molecule has 1 aromatic heterocycles. The topological polar surface area (TPSA) is 86.3 Å². The second-order valence-electron chi connectivity index (χ2n) is 4.80. The summed E-state index contributed by atoms with van der Waals surface area (Å²) in [6.45, 7) is 0. The Morgan fingerprint density at radius 3 is 2.52 bits per heavy atom. The summed E-state index contributed by atoms with van der Waals surface area (Å²) in [5, 5.41) is 21.4. The summed E-state index contributed by atoms with van der Waals surface area (Å²) >= 11 is 11.8. The molecule has 5 nitrogen and oxygen atoms in total. The van der Waals surface area contributed by atoms with Crippen LogP contribution in [-0.2, 0) is 0 Å². The molecule has 2 aromatic carbocycles. The number of halogens is 2. The van der Waals surface area contributed by atoms with Gasteiger partial charge in [0.15, 0.2) is 11.3 Å². The van der Waals surface area contributed by atoms with E-state index in [9.17, 15) is 9.90 Å². The highest BCUT2D eigenvalue weighted by molar-refractivity contribution is 6.35. The quantitative estimate of drug-likeness (QED) is 0.649. The lowest BCUT2D eigenvalue weighted by Gasteiger charge is -2.07. The number of aromatic hydroxyl groups is 1. The number of phenolic OH excluding ortho intramolecular Hbond substituents is 1. The fourth-order valence-corrected chi connectivity index (χ4v) is 2.66. The van der Waals surface area contributed by atoms with E-state index in [1.807, 2.05) is 0 Å². The van der Waals surface area contributed by atoms with E-state index >= 15 is 0 Å². The van der Waals surface area contributed by atoms with Gasteiger partial charge in [-0.1, -0.05) is 35.3 Å². The molecule has 0 aliphatic rings. The van der Waals surface area contributed by atoms with E-state index in [1.54, 1.807) is 30.3 Å². The van der Waals surface area contributed by atoms with E-state index in [0.717, 1.165) is 0 Å². The lowest BCUT2D eigenvalue weighted by atomic mass is 10.1. The molecule has 0 aliphatic carbocycles. The number of para-hydroxylation sites is 1. The van der Waals surface area contributed by atoms with Crippen LogP contribution in [0, 0.1) is 5.41 Å². The predicted octanol–water partition coefficient (Wildman–Crippen LogP) is 4.18. The van der Waals surface area contributed by atoms with E-state index in [2.05, 4.69) is 5.32 Å². The van der Waals surface area contributed by atoms with Crippen LogP contribution in [0.3, 0.4) is 0 Å². The van der Waals surface area contributed by atoms with E-state index in [-0.39, 0.29) is 22.5 Å². The highest BCUT2D eigenvalue weighted by Crippen LogP contribution is 2.25. The second-order valence-corrected chi connectivity index (χ2v) is 5.67. The highest BCUT2D eigenvalue weighted by Gasteiger charge is 2.14. The largest absolute Gasteiger partial charge is 0.504 e. The van der Waals surface area contributed by atoms with Crippen molar-refractivity contribution < 1.29 is 14.3 Å². The van der Waals surface area contributed by atoms with Gasteiger partial charge in [0.25, 0.3) is 5.91 Å². The number of anilines is 1. The van der Waals surface area contributed by atoms with E-state index in [4.69, 9.17) is 33.0 Å². The summed E-state index contributed by atoms with van der Waals surface area (Å²) in [4.78, 5) is 12.3. The number of benzene rings is 2. The van der Waals surface area contributed by atoms with Gasteiger partial charge in [0.2, 0.25) is 5.55 Å². The maximum Gasteiger partial charge on any atom is 0.261 e. The molecule has 23 heavy (non-hydrogen) atoms. The Morgan fingerprint density at radius 2 is 1.83 bits per heavy atom.